The number of nitrogens with one attached hydrogen (secondary N) is 1. The van der Waals surface area contributed by atoms with E-state index in [1.807, 2.05) is 30.1 Å². The number of rotatable bonds is 5. The number of pyridine rings is 1. The summed E-state index contributed by atoms with van der Waals surface area (Å²) in [4.78, 5) is 5.63. The van der Waals surface area contributed by atoms with Crippen LogP contribution >= 0.6 is 27.7 Å². The van der Waals surface area contributed by atoms with Crippen molar-refractivity contribution in [1.29, 1.82) is 0 Å². The molecule has 0 saturated carbocycles. The number of halogens is 1. The van der Waals surface area contributed by atoms with Crippen molar-refractivity contribution in [3.8, 4) is 0 Å². The summed E-state index contributed by atoms with van der Waals surface area (Å²) in [6.07, 6.45) is 1.93. The first kappa shape index (κ1) is 13.4. The molecule has 0 radical (unpaired) electrons. The van der Waals surface area contributed by atoms with Crippen molar-refractivity contribution >= 4 is 33.5 Å². The maximum absolute atomic E-state index is 4.36. The number of aromatic nitrogens is 1. The Hall–Kier alpha value is -1.00. The van der Waals surface area contributed by atoms with Gasteiger partial charge in [-0.3, -0.25) is 0 Å². The number of hydrogen-bond donors (Lipinski definition) is 1. The van der Waals surface area contributed by atoms with Crippen molar-refractivity contribution in [3.05, 3.63) is 52.6 Å². The molecule has 0 bridgehead atoms. The van der Waals surface area contributed by atoms with Gasteiger partial charge in [0.25, 0.3) is 0 Å². The van der Waals surface area contributed by atoms with Gasteiger partial charge in [-0.1, -0.05) is 28.1 Å². The van der Waals surface area contributed by atoms with Crippen molar-refractivity contribution in [1.82, 2.24) is 4.98 Å². The second-order valence-corrected chi connectivity index (χ2v) is 5.79. The van der Waals surface area contributed by atoms with E-state index in [1.54, 1.807) is 0 Å². The standard InChI is InChI=1S/C14H15BrN2S/c1-2-16-14-7-6-11(9-17-14)10-18-13-5-3-4-12(15)8-13/h3-9H,2,10H2,1H3,(H,16,17). The Balaban J connectivity index is 1.93. The van der Waals surface area contributed by atoms with E-state index in [2.05, 4.69) is 57.4 Å². The Bertz CT molecular complexity index is 499. The van der Waals surface area contributed by atoms with Gasteiger partial charge in [-0.25, -0.2) is 4.98 Å². The number of benzene rings is 1. The first-order chi connectivity index (χ1) is 8.78. The Morgan fingerprint density at radius 3 is 2.83 bits per heavy atom. The summed E-state index contributed by atoms with van der Waals surface area (Å²) in [5.74, 6) is 1.88. The molecule has 1 aromatic heterocycles. The van der Waals surface area contributed by atoms with Crippen LogP contribution < -0.4 is 5.32 Å². The molecule has 1 aromatic carbocycles. The van der Waals surface area contributed by atoms with Crippen LogP contribution in [0.3, 0.4) is 0 Å². The number of hydrogen-bond acceptors (Lipinski definition) is 3. The molecule has 0 atom stereocenters. The third-order valence-electron chi connectivity index (χ3n) is 2.38. The van der Waals surface area contributed by atoms with Crippen molar-refractivity contribution in [2.24, 2.45) is 0 Å². The van der Waals surface area contributed by atoms with Crippen LogP contribution in [0.25, 0.3) is 0 Å². The van der Waals surface area contributed by atoms with Crippen LogP contribution in [-0.4, -0.2) is 11.5 Å². The molecule has 94 valence electrons. The lowest BCUT2D eigenvalue weighted by Gasteiger charge is -2.05. The largest absolute Gasteiger partial charge is 0.370 e. The van der Waals surface area contributed by atoms with E-state index in [0.29, 0.717) is 0 Å². The Morgan fingerprint density at radius 2 is 2.17 bits per heavy atom. The van der Waals surface area contributed by atoms with Gasteiger partial charge in [-0.15, -0.1) is 11.8 Å². The maximum Gasteiger partial charge on any atom is 0.125 e. The molecule has 0 saturated heterocycles. The molecule has 0 aliphatic rings. The Morgan fingerprint density at radius 1 is 1.28 bits per heavy atom. The van der Waals surface area contributed by atoms with Gasteiger partial charge in [0, 0.05) is 27.9 Å². The summed E-state index contributed by atoms with van der Waals surface area (Å²) in [7, 11) is 0. The van der Waals surface area contributed by atoms with Crippen LogP contribution in [0.4, 0.5) is 5.82 Å². The molecule has 1 heterocycles. The lowest BCUT2D eigenvalue weighted by Crippen LogP contribution is -1.98. The van der Waals surface area contributed by atoms with E-state index in [9.17, 15) is 0 Å². The van der Waals surface area contributed by atoms with Gasteiger partial charge < -0.3 is 5.32 Å². The van der Waals surface area contributed by atoms with Gasteiger partial charge in [0.15, 0.2) is 0 Å². The quantitative estimate of drug-likeness (QED) is 0.816. The van der Waals surface area contributed by atoms with E-state index >= 15 is 0 Å². The summed E-state index contributed by atoms with van der Waals surface area (Å²) in [5, 5.41) is 3.19. The highest BCUT2D eigenvalue weighted by molar-refractivity contribution is 9.10. The maximum atomic E-state index is 4.36. The monoisotopic (exact) mass is 322 g/mol. The fourth-order valence-electron chi connectivity index (χ4n) is 1.52. The summed E-state index contributed by atoms with van der Waals surface area (Å²) in [5.41, 5.74) is 1.24. The number of anilines is 1. The van der Waals surface area contributed by atoms with Gasteiger partial charge >= 0.3 is 0 Å². The number of thioether (sulfide) groups is 1. The van der Waals surface area contributed by atoms with Crippen molar-refractivity contribution < 1.29 is 0 Å². The van der Waals surface area contributed by atoms with Gasteiger partial charge in [0.1, 0.15) is 5.82 Å². The Kier molecular flexibility index (Phi) is 5.08. The first-order valence-electron chi connectivity index (χ1n) is 5.85. The molecule has 0 fully saturated rings. The fraction of sp³-hybridized carbons (Fsp3) is 0.214. The summed E-state index contributed by atoms with van der Waals surface area (Å²) < 4.78 is 1.12. The molecule has 0 aliphatic carbocycles. The molecule has 4 heteroatoms. The molecular formula is C14H15BrN2S. The van der Waals surface area contributed by atoms with Gasteiger partial charge in [-0.05, 0) is 36.8 Å². The Labute approximate surface area is 120 Å². The normalized spacial score (nSPS) is 10.3. The van der Waals surface area contributed by atoms with Crippen LogP contribution in [0, 0.1) is 0 Å². The fourth-order valence-corrected chi connectivity index (χ4v) is 2.96. The van der Waals surface area contributed by atoms with E-state index in [1.165, 1.54) is 10.5 Å². The predicted molar refractivity (Wildman–Crippen MR) is 82.1 cm³/mol. The second kappa shape index (κ2) is 6.81. The highest BCUT2D eigenvalue weighted by Gasteiger charge is 1.98. The van der Waals surface area contributed by atoms with Gasteiger partial charge in [0.2, 0.25) is 0 Å². The zero-order valence-electron chi connectivity index (χ0n) is 10.2. The summed E-state index contributed by atoms with van der Waals surface area (Å²) in [6, 6.07) is 12.5. The zero-order chi connectivity index (χ0) is 12.8. The highest BCUT2D eigenvalue weighted by Crippen LogP contribution is 2.25. The minimum absolute atomic E-state index is 0.902. The van der Waals surface area contributed by atoms with Crippen molar-refractivity contribution in [2.45, 2.75) is 17.6 Å². The molecule has 0 amide bonds. The smallest absolute Gasteiger partial charge is 0.125 e. The van der Waals surface area contributed by atoms with E-state index in [0.717, 1.165) is 22.6 Å². The van der Waals surface area contributed by atoms with Crippen LogP contribution in [0.15, 0.2) is 52.0 Å². The molecule has 2 rings (SSSR count). The molecule has 1 N–H and O–H groups in total. The average molecular weight is 323 g/mol. The SMILES string of the molecule is CCNc1ccc(CSc2cccc(Br)c2)cn1. The molecule has 2 aromatic rings. The third-order valence-corrected chi connectivity index (χ3v) is 3.94. The van der Waals surface area contributed by atoms with Crippen molar-refractivity contribution in [3.63, 3.8) is 0 Å². The van der Waals surface area contributed by atoms with E-state index < -0.39 is 0 Å². The van der Waals surface area contributed by atoms with Crippen LogP contribution in [-0.2, 0) is 5.75 Å². The topological polar surface area (TPSA) is 24.9 Å². The summed E-state index contributed by atoms with van der Waals surface area (Å²) in [6.45, 7) is 2.97. The average Bonchev–Trinajstić information content (AvgIpc) is 2.38. The van der Waals surface area contributed by atoms with Crippen LogP contribution in [0.2, 0.25) is 0 Å². The van der Waals surface area contributed by atoms with E-state index in [4.69, 9.17) is 0 Å². The first-order valence-corrected chi connectivity index (χ1v) is 7.63. The third kappa shape index (κ3) is 4.03. The molecule has 18 heavy (non-hydrogen) atoms. The van der Waals surface area contributed by atoms with Crippen LogP contribution in [0.1, 0.15) is 12.5 Å². The molecule has 0 aliphatic heterocycles. The van der Waals surface area contributed by atoms with Crippen molar-refractivity contribution in [2.75, 3.05) is 11.9 Å². The number of nitrogens with zero attached hydrogens (tertiary/aromatic N) is 1. The second-order valence-electron chi connectivity index (χ2n) is 3.83. The minimum atomic E-state index is 0.902. The zero-order valence-corrected chi connectivity index (χ0v) is 12.6. The van der Waals surface area contributed by atoms with Gasteiger partial charge in [-0.2, -0.15) is 0 Å². The summed E-state index contributed by atoms with van der Waals surface area (Å²) >= 11 is 5.30. The molecule has 0 unspecified atom stereocenters. The minimum Gasteiger partial charge on any atom is -0.370 e. The van der Waals surface area contributed by atoms with Crippen LogP contribution in [0.5, 0.6) is 0 Å². The molecule has 0 spiro atoms. The van der Waals surface area contributed by atoms with E-state index in [-0.39, 0.29) is 0 Å². The predicted octanol–water partition coefficient (Wildman–Crippen LogP) is 4.57. The lowest BCUT2D eigenvalue weighted by molar-refractivity contribution is 1.14. The molecule has 2 nitrogen and oxygen atoms in total. The highest BCUT2D eigenvalue weighted by atomic mass is 79.9. The lowest BCUT2D eigenvalue weighted by atomic mass is 10.3. The molecular weight excluding hydrogens is 308 g/mol. The van der Waals surface area contributed by atoms with Gasteiger partial charge in [0.05, 0.1) is 0 Å².